The van der Waals surface area contributed by atoms with Gasteiger partial charge >= 0.3 is 0 Å². The molecule has 7 unspecified atom stereocenters. The SMILES string of the molecule is C=C(C=CC=C(CO)C1CCC2(C(CCCO)C(=C(C)C=O)CCC2(O)CCNC)C1O)C1CC=C(C)CNC(CCOC)(C2CCCCC2)Cc2cccc(c2)C1. The number of rotatable bonds is 16. The van der Waals surface area contributed by atoms with E-state index < -0.39 is 17.1 Å². The van der Waals surface area contributed by atoms with E-state index in [9.17, 15) is 25.2 Å². The first kappa shape index (κ1) is 46.4. The number of carbonyl (C=O) groups is 1. The first-order valence-corrected chi connectivity index (χ1v) is 22.5. The molecule has 4 aliphatic rings. The normalized spacial score (nSPS) is 32.5. The Bertz CT molecular complexity index is 1640. The first-order chi connectivity index (χ1) is 28.0. The van der Waals surface area contributed by atoms with E-state index in [1.165, 1.54) is 48.8 Å². The molecule has 6 N–H and O–H groups in total. The standard InChI is InChI=1S/C50H76N2O6/c1-36-19-20-41(31-39-13-10-14-40(30-39)32-48(52-33-36,26-29-58-5)43-16-7-6-8-17-43)37(2)12-9-15-42(35-55)45-22-24-50(47(45)56)46(18-11-28-53)44(38(3)34-54)21-23-49(50,57)25-27-51-4/h9-10,12-15,19,30,34,41,43,45-47,51-53,55-57H,2,6-8,11,16-18,20-29,31-33,35H2,1,3-5H3. The number of aliphatic hydroxyl groups is 4. The van der Waals surface area contributed by atoms with Gasteiger partial charge in [-0.1, -0.05) is 91.1 Å². The monoisotopic (exact) mass is 801 g/mol. The predicted octanol–water partition coefficient (Wildman–Crippen LogP) is 7.51. The van der Waals surface area contributed by atoms with Gasteiger partial charge in [0.25, 0.3) is 0 Å². The fraction of sp³-hybridized carbons (Fsp3) is 0.660. The van der Waals surface area contributed by atoms with Gasteiger partial charge in [-0.3, -0.25) is 4.79 Å². The number of hydrogen-bond acceptors (Lipinski definition) is 8. The van der Waals surface area contributed by atoms with Gasteiger partial charge in [-0.15, -0.1) is 0 Å². The van der Waals surface area contributed by atoms with E-state index in [4.69, 9.17) is 4.74 Å². The molecule has 0 radical (unpaired) electrons. The molecule has 3 saturated carbocycles. The average Bonchev–Trinajstić information content (AvgIpc) is 3.58. The topological polar surface area (TPSA) is 131 Å². The molecule has 1 spiro atoms. The van der Waals surface area contributed by atoms with Crippen LogP contribution in [-0.4, -0.2) is 91.0 Å². The van der Waals surface area contributed by atoms with Gasteiger partial charge in [-0.05, 0) is 151 Å². The second-order valence-corrected chi connectivity index (χ2v) is 18.4. The van der Waals surface area contributed by atoms with Crippen molar-refractivity contribution in [2.75, 3.05) is 47.1 Å². The summed E-state index contributed by atoms with van der Waals surface area (Å²) in [4.78, 5) is 12.1. The van der Waals surface area contributed by atoms with Gasteiger partial charge in [0.2, 0.25) is 0 Å². The number of ether oxygens (including phenoxy) is 1. The van der Waals surface area contributed by atoms with Crippen LogP contribution in [0.2, 0.25) is 0 Å². The van der Waals surface area contributed by atoms with Crippen LogP contribution in [0.25, 0.3) is 0 Å². The fourth-order valence-electron chi connectivity index (χ4n) is 11.7. The van der Waals surface area contributed by atoms with Crippen LogP contribution in [0.5, 0.6) is 0 Å². The lowest BCUT2D eigenvalue weighted by Gasteiger charge is -2.57. The van der Waals surface area contributed by atoms with Crippen molar-refractivity contribution in [3.8, 4) is 0 Å². The summed E-state index contributed by atoms with van der Waals surface area (Å²) in [7, 11) is 3.68. The molecule has 1 aliphatic heterocycles. The molecule has 0 saturated heterocycles. The molecule has 8 heteroatoms. The number of aliphatic hydroxyl groups excluding tert-OH is 3. The van der Waals surface area contributed by atoms with E-state index in [2.05, 4.69) is 60.6 Å². The van der Waals surface area contributed by atoms with Crippen LogP contribution in [0.1, 0.15) is 115 Å². The number of methoxy groups -OCH3 is 1. The van der Waals surface area contributed by atoms with Crippen molar-refractivity contribution < 1.29 is 30.0 Å². The Balaban J connectivity index is 1.39. The molecule has 1 aromatic rings. The summed E-state index contributed by atoms with van der Waals surface area (Å²) < 4.78 is 5.69. The summed E-state index contributed by atoms with van der Waals surface area (Å²) in [5, 5.41) is 53.0. The van der Waals surface area contributed by atoms with Gasteiger partial charge in [0, 0.05) is 43.7 Å². The third-order valence-corrected chi connectivity index (χ3v) is 15.0. The second-order valence-electron chi connectivity index (χ2n) is 18.4. The van der Waals surface area contributed by atoms with Crippen LogP contribution in [-0.2, 0) is 22.4 Å². The van der Waals surface area contributed by atoms with E-state index in [-0.39, 0.29) is 36.5 Å². The predicted molar refractivity (Wildman–Crippen MR) is 235 cm³/mol. The average molecular weight is 801 g/mol. The molecule has 2 bridgehead atoms. The third kappa shape index (κ3) is 10.4. The Morgan fingerprint density at radius 2 is 1.88 bits per heavy atom. The highest BCUT2D eigenvalue weighted by Crippen LogP contribution is 2.64. The van der Waals surface area contributed by atoms with Crippen molar-refractivity contribution in [3.63, 3.8) is 0 Å². The zero-order chi connectivity index (χ0) is 41.8. The highest BCUT2D eigenvalue weighted by atomic mass is 16.5. The molecular formula is C50H76N2O6. The summed E-state index contributed by atoms with van der Waals surface area (Å²) in [5.41, 5.74) is 5.32. The molecule has 1 heterocycles. The maximum Gasteiger partial charge on any atom is 0.145 e. The summed E-state index contributed by atoms with van der Waals surface area (Å²) in [6.07, 6.45) is 22.3. The molecule has 0 aromatic heterocycles. The number of aldehydes is 1. The lowest BCUT2D eigenvalue weighted by atomic mass is 9.51. The molecule has 3 fully saturated rings. The number of fused-ring (bicyclic) bond motifs is 2. The molecule has 58 heavy (non-hydrogen) atoms. The number of carbonyl (C=O) groups excluding carboxylic acids is 1. The van der Waals surface area contributed by atoms with Crippen LogP contribution in [0.3, 0.4) is 0 Å². The molecule has 5 rings (SSSR count). The summed E-state index contributed by atoms with van der Waals surface area (Å²) in [6.45, 7) is 10.6. The minimum absolute atomic E-state index is 0.000380. The van der Waals surface area contributed by atoms with E-state index in [0.717, 1.165) is 61.8 Å². The highest BCUT2D eigenvalue weighted by molar-refractivity contribution is 5.74. The smallest absolute Gasteiger partial charge is 0.145 e. The van der Waals surface area contributed by atoms with Gasteiger partial charge in [0.05, 0.1) is 18.3 Å². The zero-order valence-electron chi connectivity index (χ0n) is 36.2. The van der Waals surface area contributed by atoms with E-state index in [0.29, 0.717) is 63.0 Å². The minimum atomic E-state index is -1.17. The molecular weight excluding hydrogens is 725 g/mol. The van der Waals surface area contributed by atoms with Crippen LogP contribution in [0.4, 0.5) is 0 Å². The van der Waals surface area contributed by atoms with Crippen molar-refractivity contribution in [2.45, 2.75) is 134 Å². The molecule has 7 atom stereocenters. The van der Waals surface area contributed by atoms with Crippen LogP contribution in [0, 0.1) is 29.1 Å². The fourth-order valence-corrected chi connectivity index (χ4v) is 11.7. The summed E-state index contributed by atoms with van der Waals surface area (Å²) >= 11 is 0. The quantitative estimate of drug-likeness (QED) is 0.0439. The molecule has 0 amide bonds. The summed E-state index contributed by atoms with van der Waals surface area (Å²) in [6, 6.07) is 9.16. The largest absolute Gasteiger partial charge is 0.396 e. The van der Waals surface area contributed by atoms with Crippen molar-refractivity contribution in [1.29, 1.82) is 0 Å². The van der Waals surface area contributed by atoms with Crippen LogP contribution < -0.4 is 10.6 Å². The molecule has 3 aliphatic carbocycles. The Morgan fingerprint density at radius 1 is 1.10 bits per heavy atom. The molecule has 1 aromatic carbocycles. The maximum absolute atomic E-state index is 12.5. The van der Waals surface area contributed by atoms with Crippen LogP contribution in [0.15, 0.2) is 83.0 Å². The van der Waals surface area contributed by atoms with Gasteiger partial charge in [0.15, 0.2) is 0 Å². The lowest BCUT2D eigenvalue weighted by molar-refractivity contribution is -0.180. The molecule has 322 valence electrons. The lowest BCUT2D eigenvalue weighted by Crippen LogP contribution is -2.61. The maximum atomic E-state index is 12.5. The number of hydrogen-bond donors (Lipinski definition) is 6. The molecule has 8 nitrogen and oxygen atoms in total. The Hall–Kier alpha value is -2.69. The van der Waals surface area contributed by atoms with Gasteiger partial charge < -0.3 is 35.8 Å². The van der Waals surface area contributed by atoms with Gasteiger partial charge in [-0.25, -0.2) is 0 Å². The Morgan fingerprint density at radius 3 is 2.59 bits per heavy atom. The van der Waals surface area contributed by atoms with E-state index in [1.54, 1.807) is 0 Å². The van der Waals surface area contributed by atoms with Crippen molar-refractivity contribution in [2.24, 2.45) is 29.1 Å². The van der Waals surface area contributed by atoms with Crippen LogP contribution >= 0.6 is 0 Å². The number of nitrogens with one attached hydrogen (secondary N) is 2. The number of benzene rings is 1. The van der Waals surface area contributed by atoms with Crippen molar-refractivity contribution in [1.82, 2.24) is 10.6 Å². The first-order valence-electron chi connectivity index (χ1n) is 22.5. The van der Waals surface area contributed by atoms with Gasteiger partial charge in [-0.2, -0.15) is 0 Å². The number of allylic oxidation sites excluding steroid dienone is 7. The summed E-state index contributed by atoms with van der Waals surface area (Å²) in [5.74, 6) is 0.202. The Kier molecular flexibility index (Phi) is 17.4. The van der Waals surface area contributed by atoms with E-state index in [1.807, 2.05) is 33.2 Å². The van der Waals surface area contributed by atoms with Gasteiger partial charge in [0.1, 0.15) is 6.29 Å². The second kappa shape index (κ2) is 21.7. The zero-order valence-corrected chi connectivity index (χ0v) is 36.2. The highest BCUT2D eigenvalue weighted by Gasteiger charge is 2.65. The minimum Gasteiger partial charge on any atom is -0.396 e. The van der Waals surface area contributed by atoms with Crippen molar-refractivity contribution in [3.05, 3.63) is 94.1 Å². The van der Waals surface area contributed by atoms with E-state index >= 15 is 0 Å². The third-order valence-electron chi connectivity index (χ3n) is 15.0. The van der Waals surface area contributed by atoms with Crippen molar-refractivity contribution >= 4 is 6.29 Å². The Labute approximate surface area is 350 Å².